The van der Waals surface area contributed by atoms with E-state index in [4.69, 9.17) is 14.2 Å². The number of hydrogen-bond donors (Lipinski definition) is 0. The van der Waals surface area contributed by atoms with Gasteiger partial charge in [0.2, 0.25) is 0 Å². The summed E-state index contributed by atoms with van der Waals surface area (Å²) in [5.74, 6) is 1.82. The van der Waals surface area contributed by atoms with Crippen LogP contribution in [0.2, 0.25) is 0 Å². The molecule has 0 amide bonds. The summed E-state index contributed by atoms with van der Waals surface area (Å²) in [5.41, 5.74) is 0.523. The molecule has 1 unspecified atom stereocenters. The summed E-state index contributed by atoms with van der Waals surface area (Å²) in [6.45, 7) is 3.06. The van der Waals surface area contributed by atoms with Crippen LogP contribution in [0.15, 0.2) is 16.9 Å². The van der Waals surface area contributed by atoms with Gasteiger partial charge in [0.1, 0.15) is 11.9 Å². The lowest BCUT2D eigenvalue weighted by Gasteiger charge is -2.17. The van der Waals surface area contributed by atoms with E-state index in [1.165, 1.54) is 0 Å². The minimum absolute atomic E-state index is 0.00129. The molecule has 0 bridgehead atoms. The summed E-state index contributed by atoms with van der Waals surface area (Å²) < 4.78 is 18.5. The highest BCUT2D eigenvalue weighted by Crippen LogP contribution is 2.32. The van der Waals surface area contributed by atoms with E-state index in [1.54, 1.807) is 20.1 Å². The van der Waals surface area contributed by atoms with Crippen LogP contribution in [-0.2, 0) is 11.8 Å². The fourth-order valence-corrected chi connectivity index (χ4v) is 2.49. The van der Waals surface area contributed by atoms with Crippen LogP contribution in [0.4, 0.5) is 0 Å². The van der Waals surface area contributed by atoms with Crippen LogP contribution in [0.5, 0.6) is 11.5 Å². The lowest BCUT2D eigenvalue weighted by Crippen LogP contribution is -2.18. The number of nitrogens with zero attached hydrogens (tertiary/aromatic N) is 2. The van der Waals surface area contributed by atoms with Crippen molar-refractivity contribution in [1.82, 2.24) is 9.55 Å². The van der Waals surface area contributed by atoms with Gasteiger partial charge in [-0.05, 0) is 13.0 Å². The van der Waals surface area contributed by atoms with Crippen molar-refractivity contribution in [3.8, 4) is 11.5 Å². The van der Waals surface area contributed by atoms with Gasteiger partial charge in [-0.25, -0.2) is 0 Å². The summed E-state index contributed by atoms with van der Waals surface area (Å²) in [6.07, 6.45) is 0.837. The highest BCUT2D eigenvalue weighted by atomic mass is 16.6. The summed E-state index contributed by atoms with van der Waals surface area (Å²) in [7, 11) is 3.46. The van der Waals surface area contributed by atoms with Gasteiger partial charge in [-0.1, -0.05) is 0 Å². The first-order valence-electron chi connectivity index (χ1n) is 6.90. The molecule has 0 aliphatic carbocycles. The molecule has 112 valence electrons. The van der Waals surface area contributed by atoms with Crippen molar-refractivity contribution in [3.05, 3.63) is 28.3 Å². The predicted octanol–water partition coefficient (Wildman–Crippen LogP) is 1.42. The summed E-state index contributed by atoms with van der Waals surface area (Å²) >= 11 is 0. The minimum atomic E-state index is -0.254. The van der Waals surface area contributed by atoms with Gasteiger partial charge < -0.3 is 18.8 Å². The van der Waals surface area contributed by atoms with Gasteiger partial charge >= 0.3 is 0 Å². The Hall–Kier alpha value is -2.08. The first kappa shape index (κ1) is 13.9. The topological polar surface area (TPSA) is 62.6 Å². The molecule has 1 aliphatic heterocycles. The third kappa shape index (κ3) is 2.47. The molecule has 1 atom stereocenters. The quantitative estimate of drug-likeness (QED) is 0.855. The maximum absolute atomic E-state index is 12.1. The zero-order valence-corrected chi connectivity index (χ0v) is 12.4. The monoisotopic (exact) mass is 290 g/mol. The summed E-state index contributed by atoms with van der Waals surface area (Å²) in [6, 6.07) is 3.53. The van der Waals surface area contributed by atoms with Crippen LogP contribution in [0, 0.1) is 6.92 Å². The van der Waals surface area contributed by atoms with E-state index in [0.717, 1.165) is 11.9 Å². The third-order valence-electron chi connectivity index (χ3n) is 3.80. The normalized spacial score (nSPS) is 18.1. The molecule has 0 radical (unpaired) electrons. The third-order valence-corrected chi connectivity index (χ3v) is 3.80. The zero-order chi connectivity index (χ0) is 15.0. The number of hydrogen-bond acceptors (Lipinski definition) is 5. The number of fused-ring (bicyclic) bond motifs is 1. The van der Waals surface area contributed by atoms with Crippen molar-refractivity contribution in [3.63, 3.8) is 0 Å². The Labute approximate surface area is 122 Å². The number of ether oxygens (including phenoxy) is 3. The molecule has 1 aliphatic rings. The van der Waals surface area contributed by atoms with Gasteiger partial charge in [-0.2, -0.15) is 4.98 Å². The van der Waals surface area contributed by atoms with E-state index in [2.05, 4.69) is 4.98 Å². The molecule has 1 fully saturated rings. The van der Waals surface area contributed by atoms with Gasteiger partial charge in [-0.15, -0.1) is 0 Å². The molecule has 1 saturated heterocycles. The van der Waals surface area contributed by atoms with Gasteiger partial charge in [0, 0.05) is 19.5 Å². The molecule has 2 aromatic rings. The SMILES string of the molecule is COc1cc2c(cc1OC1CCOC1)c(=O)nc(C)n2C. The Kier molecular flexibility index (Phi) is 3.55. The Morgan fingerprint density at radius 1 is 1.38 bits per heavy atom. The second-order valence-electron chi connectivity index (χ2n) is 5.15. The average molecular weight is 290 g/mol. The Morgan fingerprint density at radius 2 is 2.19 bits per heavy atom. The van der Waals surface area contributed by atoms with Crippen molar-refractivity contribution in [1.29, 1.82) is 0 Å². The van der Waals surface area contributed by atoms with Crippen molar-refractivity contribution < 1.29 is 14.2 Å². The maximum Gasteiger partial charge on any atom is 0.280 e. The van der Waals surface area contributed by atoms with E-state index in [9.17, 15) is 4.79 Å². The number of methoxy groups -OCH3 is 1. The smallest absolute Gasteiger partial charge is 0.280 e. The molecule has 0 spiro atoms. The maximum atomic E-state index is 12.1. The first-order valence-corrected chi connectivity index (χ1v) is 6.90. The van der Waals surface area contributed by atoms with E-state index >= 15 is 0 Å². The van der Waals surface area contributed by atoms with Crippen LogP contribution in [0.25, 0.3) is 10.9 Å². The van der Waals surface area contributed by atoms with E-state index < -0.39 is 0 Å². The second kappa shape index (κ2) is 5.37. The van der Waals surface area contributed by atoms with Gasteiger partial charge in [-0.3, -0.25) is 4.79 Å². The van der Waals surface area contributed by atoms with Gasteiger partial charge in [0.25, 0.3) is 5.56 Å². The van der Waals surface area contributed by atoms with Crippen molar-refractivity contribution >= 4 is 10.9 Å². The first-order chi connectivity index (χ1) is 10.1. The predicted molar refractivity (Wildman–Crippen MR) is 78.1 cm³/mol. The fourth-order valence-electron chi connectivity index (χ4n) is 2.49. The summed E-state index contributed by atoms with van der Waals surface area (Å²) in [4.78, 5) is 16.1. The Bertz CT molecular complexity index is 733. The summed E-state index contributed by atoms with van der Waals surface area (Å²) in [5, 5.41) is 0.526. The van der Waals surface area contributed by atoms with Crippen LogP contribution in [0.1, 0.15) is 12.2 Å². The minimum Gasteiger partial charge on any atom is -0.493 e. The Balaban J connectivity index is 2.14. The standard InChI is InChI=1S/C15H18N2O4/c1-9-16-15(18)11-6-14(21-10-4-5-20-8-10)13(19-3)7-12(11)17(9)2/h6-7,10H,4-5,8H2,1-3H3. The highest BCUT2D eigenvalue weighted by Gasteiger charge is 2.20. The van der Waals surface area contributed by atoms with Crippen molar-refractivity contribution in [2.75, 3.05) is 20.3 Å². The van der Waals surface area contributed by atoms with Gasteiger partial charge in [0.05, 0.1) is 31.2 Å². The van der Waals surface area contributed by atoms with E-state index in [0.29, 0.717) is 35.9 Å². The van der Waals surface area contributed by atoms with E-state index in [1.807, 2.05) is 17.7 Å². The highest BCUT2D eigenvalue weighted by molar-refractivity contribution is 5.82. The van der Waals surface area contributed by atoms with Crippen LogP contribution < -0.4 is 15.0 Å². The molecule has 2 heterocycles. The largest absolute Gasteiger partial charge is 0.493 e. The number of aromatic nitrogens is 2. The number of rotatable bonds is 3. The van der Waals surface area contributed by atoms with Crippen LogP contribution in [-0.4, -0.2) is 36.0 Å². The van der Waals surface area contributed by atoms with Crippen molar-refractivity contribution in [2.45, 2.75) is 19.4 Å². The number of benzene rings is 1. The Morgan fingerprint density at radius 3 is 2.86 bits per heavy atom. The molecule has 6 heteroatoms. The second-order valence-corrected chi connectivity index (χ2v) is 5.15. The lowest BCUT2D eigenvalue weighted by atomic mass is 10.2. The van der Waals surface area contributed by atoms with Crippen molar-refractivity contribution in [2.24, 2.45) is 7.05 Å². The van der Waals surface area contributed by atoms with Crippen LogP contribution in [0.3, 0.4) is 0 Å². The lowest BCUT2D eigenvalue weighted by molar-refractivity contribution is 0.139. The molecule has 3 rings (SSSR count). The average Bonchev–Trinajstić information content (AvgIpc) is 2.97. The fraction of sp³-hybridized carbons (Fsp3) is 0.467. The number of aryl methyl sites for hydroxylation is 2. The molecule has 0 saturated carbocycles. The van der Waals surface area contributed by atoms with Gasteiger partial charge in [0.15, 0.2) is 11.5 Å². The van der Waals surface area contributed by atoms with Crippen LogP contribution >= 0.6 is 0 Å². The van der Waals surface area contributed by atoms with E-state index in [-0.39, 0.29) is 11.7 Å². The molecule has 6 nitrogen and oxygen atoms in total. The molecule has 1 aromatic carbocycles. The molecular formula is C15H18N2O4. The molecule has 0 N–H and O–H groups in total. The molecular weight excluding hydrogens is 272 g/mol. The molecule has 21 heavy (non-hydrogen) atoms. The molecule has 1 aromatic heterocycles. The zero-order valence-electron chi connectivity index (χ0n) is 12.4.